The molecule has 1 unspecified atom stereocenters. The molecule has 1 rings (SSSR count). The highest BCUT2D eigenvalue weighted by molar-refractivity contribution is 5.06. The molecule has 1 heterocycles. The third kappa shape index (κ3) is 3.99. The van der Waals surface area contributed by atoms with Gasteiger partial charge in [0, 0.05) is 13.2 Å². The maximum absolute atomic E-state index is 5.61. The molecule has 16 heavy (non-hydrogen) atoms. The molecule has 92 valence electrons. The van der Waals surface area contributed by atoms with E-state index in [1.54, 1.807) is 7.11 Å². The molecule has 0 saturated heterocycles. The van der Waals surface area contributed by atoms with E-state index in [0.717, 1.165) is 24.5 Å². The van der Waals surface area contributed by atoms with Gasteiger partial charge in [0.25, 0.3) is 0 Å². The van der Waals surface area contributed by atoms with Gasteiger partial charge >= 0.3 is 0 Å². The van der Waals surface area contributed by atoms with Crippen LogP contribution in [-0.2, 0) is 17.9 Å². The van der Waals surface area contributed by atoms with E-state index in [9.17, 15) is 0 Å². The van der Waals surface area contributed by atoms with Gasteiger partial charge in [-0.05, 0) is 24.5 Å². The molecule has 0 fully saturated rings. The number of hydrogen-bond donors (Lipinski definition) is 1. The standard InChI is InChI=1S/C13H23NO2/c1-5-13(10(2)3)14-8-11-6-7-12(16-11)9-15-4/h6-7,10,13-14H,5,8-9H2,1-4H3. The first-order valence-corrected chi connectivity index (χ1v) is 5.97. The molecule has 0 saturated carbocycles. The van der Waals surface area contributed by atoms with E-state index in [-0.39, 0.29) is 0 Å². The maximum atomic E-state index is 5.61. The van der Waals surface area contributed by atoms with Gasteiger partial charge in [0.15, 0.2) is 0 Å². The average Bonchev–Trinajstić information content (AvgIpc) is 2.67. The van der Waals surface area contributed by atoms with Crippen LogP contribution < -0.4 is 5.32 Å². The maximum Gasteiger partial charge on any atom is 0.129 e. The van der Waals surface area contributed by atoms with Gasteiger partial charge in [0.05, 0.1) is 6.54 Å². The quantitative estimate of drug-likeness (QED) is 0.774. The molecule has 1 N–H and O–H groups in total. The largest absolute Gasteiger partial charge is 0.462 e. The van der Waals surface area contributed by atoms with Crippen molar-refractivity contribution in [1.29, 1.82) is 0 Å². The van der Waals surface area contributed by atoms with Crippen LogP contribution in [0.2, 0.25) is 0 Å². The van der Waals surface area contributed by atoms with Crippen molar-refractivity contribution in [1.82, 2.24) is 5.32 Å². The van der Waals surface area contributed by atoms with Crippen LogP contribution in [0.1, 0.15) is 38.7 Å². The minimum atomic E-state index is 0.543. The first-order chi connectivity index (χ1) is 7.67. The van der Waals surface area contributed by atoms with E-state index in [4.69, 9.17) is 9.15 Å². The third-order valence-electron chi connectivity index (χ3n) is 2.79. The number of methoxy groups -OCH3 is 1. The number of rotatable bonds is 7. The molecule has 1 atom stereocenters. The van der Waals surface area contributed by atoms with E-state index in [2.05, 4.69) is 26.1 Å². The van der Waals surface area contributed by atoms with Gasteiger partial charge in [-0.25, -0.2) is 0 Å². The molecule has 0 aliphatic carbocycles. The average molecular weight is 225 g/mol. The Kier molecular flexibility index (Phi) is 5.56. The molecule has 3 nitrogen and oxygen atoms in total. The summed E-state index contributed by atoms with van der Waals surface area (Å²) in [7, 11) is 1.67. The normalized spacial score (nSPS) is 13.3. The van der Waals surface area contributed by atoms with E-state index >= 15 is 0 Å². The molecule has 0 amide bonds. The summed E-state index contributed by atoms with van der Waals surface area (Å²) in [5, 5.41) is 3.51. The molecular weight excluding hydrogens is 202 g/mol. The van der Waals surface area contributed by atoms with Crippen LogP contribution in [0.25, 0.3) is 0 Å². The minimum Gasteiger partial charge on any atom is -0.462 e. The lowest BCUT2D eigenvalue weighted by Gasteiger charge is -2.19. The Morgan fingerprint density at radius 2 is 2.00 bits per heavy atom. The zero-order valence-corrected chi connectivity index (χ0v) is 10.7. The zero-order valence-electron chi connectivity index (χ0n) is 10.7. The Bertz CT molecular complexity index is 294. The second kappa shape index (κ2) is 6.71. The van der Waals surface area contributed by atoms with Crippen LogP contribution in [-0.4, -0.2) is 13.2 Å². The van der Waals surface area contributed by atoms with Crippen LogP contribution in [0.3, 0.4) is 0 Å². The zero-order chi connectivity index (χ0) is 12.0. The molecule has 0 aliphatic heterocycles. The van der Waals surface area contributed by atoms with Crippen molar-refractivity contribution in [2.75, 3.05) is 7.11 Å². The summed E-state index contributed by atoms with van der Waals surface area (Å²) in [5.41, 5.74) is 0. The second-order valence-electron chi connectivity index (χ2n) is 4.44. The van der Waals surface area contributed by atoms with E-state index in [1.807, 2.05) is 12.1 Å². The first-order valence-electron chi connectivity index (χ1n) is 5.97. The molecule has 0 radical (unpaired) electrons. The fourth-order valence-electron chi connectivity index (χ4n) is 1.82. The Labute approximate surface area is 98.2 Å². The lowest BCUT2D eigenvalue weighted by molar-refractivity contribution is 0.162. The summed E-state index contributed by atoms with van der Waals surface area (Å²) in [4.78, 5) is 0. The molecule has 0 aromatic carbocycles. The fourth-order valence-corrected chi connectivity index (χ4v) is 1.82. The predicted molar refractivity (Wildman–Crippen MR) is 65.2 cm³/mol. The van der Waals surface area contributed by atoms with Crippen molar-refractivity contribution in [2.24, 2.45) is 5.92 Å². The minimum absolute atomic E-state index is 0.543. The summed E-state index contributed by atoms with van der Waals surface area (Å²) < 4.78 is 10.6. The van der Waals surface area contributed by atoms with Crippen molar-refractivity contribution in [3.8, 4) is 0 Å². The summed E-state index contributed by atoms with van der Waals surface area (Å²) in [6.45, 7) is 8.01. The third-order valence-corrected chi connectivity index (χ3v) is 2.79. The molecule has 0 aliphatic rings. The second-order valence-corrected chi connectivity index (χ2v) is 4.44. The van der Waals surface area contributed by atoms with Crippen LogP contribution in [0.5, 0.6) is 0 Å². The Morgan fingerprint density at radius 3 is 2.56 bits per heavy atom. The van der Waals surface area contributed by atoms with Crippen LogP contribution in [0.4, 0.5) is 0 Å². The molecular formula is C13H23NO2. The smallest absolute Gasteiger partial charge is 0.129 e. The molecule has 1 aromatic heterocycles. The number of ether oxygens (including phenoxy) is 1. The highest BCUT2D eigenvalue weighted by Crippen LogP contribution is 2.11. The van der Waals surface area contributed by atoms with Gasteiger partial charge in [-0.15, -0.1) is 0 Å². The van der Waals surface area contributed by atoms with Crippen molar-refractivity contribution >= 4 is 0 Å². The highest BCUT2D eigenvalue weighted by atomic mass is 16.5. The van der Waals surface area contributed by atoms with Crippen molar-refractivity contribution < 1.29 is 9.15 Å². The number of hydrogen-bond acceptors (Lipinski definition) is 3. The van der Waals surface area contributed by atoms with Crippen molar-refractivity contribution in [2.45, 2.75) is 46.4 Å². The first kappa shape index (κ1) is 13.3. The summed E-state index contributed by atoms with van der Waals surface area (Å²) >= 11 is 0. The van der Waals surface area contributed by atoms with Crippen LogP contribution in [0.15, 0.2) is 16.5 Å². The summed E-state index contributed by atoms with van der Waals surface area (Å²) in [6.07, 6.45) is 1.14. The van der Waals surface area contributed by atoms with Crippen LogP contribution in [0, 0.1) is 5.92 Å². The topological polar surface area (TPSA) is 34.4 Å². The van der Waals surface area contributed by atoms with Crippen molar-refractivity contribution in [3.63, 3.8) is 0 Å². The van der Waals surface area contributed by atoms with Gasteiger partial charge in [-0.1, -0.05) is 20.8 Å². The SMILES string of the molecule is CCC(NCc1ccc(COC)o1)C(C)C. The molecule has 1 aromatic rings. The lowest BCUT2D eigenvalue weighted by Crippen LogP contribution is -2.32. The van der Waals surface area contributed by atoms with Gasteiger partial charge in [-0.2, -0.15) is 0 Å². The highest BCUT2D eigenvalue weighted by Gasteiger charge is 2.11. The lowest BCUT2D eigenvalue weighted by atomic mass is 10.0. The monoisotopic (exact) mass is 225 g/mol. The van der Waals surface area contributed by atoms with Gasteiger partial charge in [-0.3, -0.25) is 0 Å². The van der Waals surface area contributed by atoms with Gasteiger partial charge < -0.3 is 14.5 Å². The number of furan rings is 1. The van der Waals surface area contributed by atoms with E-state index in [1.165, 1.54) is 0 Å². The number of nitrogens with one attached hydrogen (secondary N) is 1. The fraction of sp³-hybridized carbons (Fsp3) is 0.692. The van der Waals surface area contributed by atoms with E-state index in [0.29, 0.717) is 18.6 Å². The Balaban J connectivity index is 2.41. The van der Waals surface area contributed by atoms with Crippen LogP contribution >= 0.6 is 0 Å². The Hall–Kier alpha value is -0.800. The van der Waals surface area contributed by atoms with Crippen molar-refractivity contribution in [3.05, 3.63) is 23.7 Å². The summed E-state index contributed by atoms with van der Waals surface area (Å²) in [6, 6.07) is 4.53. The molecule has 0 bridgehead atoms. The molecule has 0 spiro atoms. The van der Waals surface area contributed by atoms with E-state index < -0.39 is 0 Å². The predicted octanol–water partition coefficient (Wildman–Crippen LogP) is 2.95. The summed E-state index contributed by atoms with van der Waals surface area (Å²) in [5.74, 6) is 2.52. The molecule has 3 heteroatoms. The van der Waals surface area contributed by atoms with Gasteiger partial charge in [0.1, 0.15) is 18.1 Å². The Morgan fingerprint density at radius 1 is 1.31 bits per heavy atom. The van der Waals surface area contributed by atoms with Gasteiger partial charge in [0.2, 0.25) is 0 Å².